The highest BCUT2D eigenvalue weighted by atomic mass is 32.2. The molecule has 0 amide bonds. The predicted molar refractivity (Wildman–Crippen MR) is 74.3 cm³/mol. The Balaban J connectivity index is 2.18. The number of ether oxygens (including phenoxy) is 1. The SMILES string of the molecule is CSc1ccccc1C(=O)Oc1ccc(C#N)cc1. The van der Waals surface area contributed by atoms with E-state index in [1.165, 1.54) is 11.8 Å². The van der Waals surface area contributed by atoms with Gasteiger partial charge in [-0.15, -0.1) is 11.8 Å². The largest absolute Gasteiger partial charge is 0.423 e. The van der Waals surface area contributed by atoms with Gasteiger partial charge >= 0.3 is 5.97 Å². The third-order valence-corrected chi connectivity index (χ3v) is 3.32. The maximum absolute atomic E-state index is 12.0. The molecule has 94 valence electrons. The van der Waals surface area contributed by atoms with Gasteiger partial charge in [0.1, 0.15) is 5.75 Å². The highest BCUT2D eigenvalue weighted by Crippen LogP contribution is 2.22. The third-order valence-electron chi connectivity index (χ3n) is 2.52. The molecular formula is C15H11NO2S. The molecule has 0 saturated heterocycles. The van der Waals surface area contributed by atoms with Gasteiger partial charge in [-0.1, -0.05) is 12.1 Å². The second-order valence-electron chi connectivity index (χ2n) is 3.73. The van der Waals surface area contributed by atoms with Crippen LogP contribution in [0.5, 0.6) is 5.75 Å². The molecule has 2 aromatic carbocycles. The lowest BCUT2D eigenvalue weighted by molar-refractivity contribution is 0.0731. The van der Waals surface area contributed by atoms with Gasteiger partial charge in [0, 0.05) is 4.90 Å². The smallest absolute Gasteiger partial charge is 0.344 e. The normalized spacial score (nSPS) is 9.68. The van der Waals surface area contributed by atoms with Gasteiger partial charge < -0.3 is 4.74 Å². The Morgan fingerprint density at radius 3 is 2.47 bits per heavy atom. The van der Waals surface area contributed by atoms with Crippen molar-refractivity contribution >= 4 is 17.7 Å². The molecule has 0 unspecified atom stereocenters. The zero-order valence-corrected chi connectivity index (χ0v) is 11.1. The highest BCUT2D eigenvalue weighted by molar-refractivity contribution is 7.98. The average Bonchev–Trinajstić information content (AvgIpc) is 2.48. The summed E-state index contributed by atoms with van der Waals surface area (Å²) < 4.78 is 5.28. The van der Waals surface area contributed by atoms with Crippen LogP contribution in [0.15, 0.2) is 53.4 Å². The lowest BCUT2D eigenvalue weighted by Crippen LogP contribution is -2.09. The molecule has 0 aliphatic rings. The Bertz CT molecular complexity index is 629. The summed E-state index contributed by atoms with van der Waals surface area (Å²) in [5.41, 5.74) is 1.07. The van der Waals surface area contributed by atoms with E-state index in [0.29, 0.717) is 16.9 Å². The molecule has 0 bridgehead atoms. The van der Waals surface area contributed by atoms with Gasteiger partial charge in [-0.2, -0.15) is 5.26 Å². The lowest BCUT2D eigenvalue weighted by Gasteiger charge is -2.07. The molecule has 0 atom stereocenters. The molecule has 0 fully saturated rings. The summed E-state index contributed by atoms with van der Waals surface area (Å²) >= 11 is 1.50. The van der Waals surface area contributed by atoms with Gasteiger partial charge in [0.2, 0.25) is 0 Å². The number of nitriles is 1. The van der Waals surface area contributed by atoms with Crippen LogP contribution in [0.25, 0.3) is 0 Å². The number of benzene rings is 2. The van der Waals surface area contributed by atoms with E-state index in [0.717, 1.165) is 4.90 Å². The molecule has 0 heterocycles. The first-order chi connectivity index (χ1) is 9.24. The summed E-state index contributed by atoms with van der Waals surface area (Å²) in [6, 6.07) is 15.7. The third kappa shape index (κ3) is 3.15. The first kappa shape index (κ1) is 13.2. The van der Waals surface area contributed by atoms with Crippen LogP contribution in [0.1, 0.15) is 15.9 Å². The Kier molecular flexibility index (Phi) is 4.22. The van der Waals surface area contributed by atoms with Gasteiger partial charge in [-0.3, -0.25) is 0 Å². The molecule has 3 nitrogen and oxygen atoms in total. The zero-order valence-electron chi connectivity index (χ0n) is 10.3. The lowest BCUT2D eigenvalue weighted by atomic mass is 10.2. The number of carbonyl (C=O) groups is 1. The standard InChI is InChI=1S/C15H11NO2S/c1-19-14-5-3-2-4-13(14)15(17)18-12-8-6-11(10-16)7-9-12/h2-9H,1H3. The molecule has 0 aliphatic carbocycles. The van der Waals surface area contributed by atoms with Crippen LogP contribution in [0, 0.1) is 11.3 Å². The fraction of sp³-hybridized carbons (Fsp3) is 0.0667. The van der Waals surface area contributed by atoms with E-state index < -0.39 is 5.97 Å². The Hall–Kier alpha value is -2.25. The van der Waals surface area contributed by atoms with Crippen molar-refractivity contribution in [3.63, 3.8) is 0 Å². The molecule has 2 rings (SSSR count). The number of esters is 1. The Labute approximate surface area is 115 Å². The van der Waals surface area contributed by atoms with E-state index in [4.69, 9.17) is 10.00 Å². The minimum Gasteiger partial charge on any atom is -0.423 e. The number of rotatable bonds is 3. The number of nitrogens with zero attached hydrogens (tertiary/aromatic N) is 1. The van der Waals surface area contributed by atoms with E-state index in [9.17, 15) is 4.79 Å². The highest BCUT2D eigenvalue weighted by Gasteiger charge is 2.12. The van der Waals surface area contributed by atoms with Crippen LogP contribution < -0.4 is 4.74 Å². The Morgan fingerprint density at radius 2 is 1.84 bits per heavy atom. The molecule has 2 aromatic rings. The van der Waals surface area contributed by atoms with Crippen molar-refractivity contribution in [1.29, 1.82) is 5.26 Å². The predicted octanol–water partition coefficient (Wildman–Crippen LogP) is 3.50. The molecule has 0 saturated carbocycles. The molecule has 4 heteroatoms. The number of carbonyl (C=O) groups excluding carboxylic acids is 1. The second-order valence-corrected chi connectivity index (χ2v) is 4.57. The van der Waals surface area contributed by atoms with E-state index in [1.807, 2.05) is 24.5 Å². The summed E-state index contributed by atoms with van der Waals surface area (Å²) in [6.45, 7) is 0. The van der Waals surface area contributed by atoms with Crippen LogP contribution in [0.2, 0.25) is 0 Å². The van der Waals surface area contributed by atoms with Crippen molar-refractivity contribution in [2.24, 2.45) is 0 Å². The Morgan fingerprint density at radius 1 is 1.16 bits per heavy atom. The van der Waals surface area contributed by atoms with Gasteiger partial charge in [0.15, 0.2) is 0 Å². The average molecular weight is 269 g/mol. The van der Waals surface area contributed by atoms with Crippen LogP contribution in [-0.4, -0.2) is 12.2 Å². The van der Waals surface area contributed by atoms with E-state index >= 15 is 0 Å². The van der Waals surface area contributed by atoms with Gasteiger partial charge in [-0.25, -0.2) is 4.79 Å². The van der Waals surface area contributed by atoms with Gasteiger partial charge in [0.05, 0.1) is 17.2 Å². The number of thioether (sulfide) groups is 1. The monoisotopic (exact) mass is 269 g/mol. The summed E-state index contributed by atoms with van der Waals surface area (Å²) in [6.07, 6.45) is 1.91. The maximum Gasteiger partial charge on any atom is 0.344 e. The molecule has 0 aromatic heterocycles. The molecular weight excluding hydrogens is 258 g/mol. The quantitative estimate of drug-likeness (QED) is 0.486. The molecule has 0 spiro atoms. The van der Waals surface area contributed by atoms with Crippen LogP contribution in [0.3, 0.4) is 0 Å². The van der Waals surface area contributed by atoms with Crippen molar-refractivity contribution in [3.05, 3.63) is 59.7 Å². The fourth-order valence-electron chi connectivity index (χ4n) is 1.57. The summed E-state index contributed by atoms with van der Waals surface area (Å²) in [5, 5.41) is 8.70. The molecule has 19 heavy (non-hydrogen) atoms. The minimum atomic E-state index is -0.394. The van der Waals surface area contributed by atoms with Crippen LogP contribution >= 0.6 is 11.8 Å². The van der Waals surface area contributed by atoms with Gasteiger partial charge in [0.25, 0.3) is 0 Å². The minimum absolute atomic E-state index is 0.394. The van der Waals surface area contributed by atoms with Crippen molar-refractivity contribution in [1.82, 2.24) is 0 Å². The van der Waals surface area contributed by atoms with Crippen LogP contribution in [-0.2, 0) is 0 Å². The molecule has 0 aliphatic heterocycles. The van der Waals surface area contributed by atoms with E-state index in [-0.39, 0.29) is 0 Å². The van der Waals surface area contributed by atoms with E-state index in [2.05, 4.69) is 0 Å². The first-order valence-electron chi connectivity index (χ1n) is 5.60. The summed E-state index contributed by atoms with van der Waals surface area (Å²) in [5.74, 6) is 0.0366. The first-order valence-corrected chi connectivity index (χ1v) is 6.82. The number of hydrogen-bond donors (Lipinski definition) is 0. The zero-order chi connectivity index (χ0) is 13.7. The van der Waals surface area contributed by atoms with Crippen molar-refractivity contribution in [2.45, 2.75) is 4.90 Å². The van der Waals surface area contributed by atoms with Crippen molar-refractivity contribution in [2.75, 3.05) is 6.26 Å². The number of hydrogen-bond acceptors (Lipinski definition) is 4. The van der Waals surface area contributed by atoms with Gasteiger partial charge in [-0.05, 0) is 42.7 Å². The van der Waals surface area contributed by atoms with E-state index in [1.54, 1.807) is 36.4 Å². The van der Waals surface area contributed by atoms with Crippen LogP contribution in [0.4, 0.5) is 0 Å². The molecule has 0 N–H and O–H groups in total. The maximum atomic E-state index is 12.0. The topological polar surface area (TPSA) is 50.1 Å². The fourth-order valence-corrected chi connectivity index (χ4v) is 2.16. The van der Waals surface area contributed by atoms with Crippen molar-refractivity contribution in [3.8, 4) is 11.8 Å². The summed E-state index contributed by atoms with van der Waals surface area (Å²) in [4.78, 5) is 12.9. The molecule has 0 radical (unpaired) electrons. The summed E-state index contributed by atoms with van der Waals surface area (Å²) in [7, 11) is 0. The van der Waals surface area contributed by atoms with Crippen molar-refractivity contribution < 1.29 is 9.53 Å². The second kappa shape index (κ2) is 6.07.